The van der Waals surface area contributed by atoms with Gasteiger partial charge >= 0.3 is 0 Å². The molecule has 0 aliphatic carbocycles. The van der Waals surface area contributed by atoms with Crippen LogP contribution in [0.5, 0.6) is 11.5 Å². The molecule has 0 aromatic heterocycles. The Morgan fingerprint density at radius 3 is 2.35 bits per heavy atom. The summed E-state index contributed by atoms with van der Waals surface area (Å²) >= 11 is 0. The highest BCUT2D eigenvalue weighted by atomic mass is 16.5. The van der Waals surface area contributed by atoms with Gasteiger partial charge in [0, 0.05) is 11.6 Å². The lowest BCUT2D eigenvalue weighted by molar-refractivity contribution is 0.468. The van der Waals surface area contributed by atoms with Crippen LogP contribution in [0.2, 0.25) is 0 Å². The van der Waals surface area contributed by atoms with E-state index in [0.717, 1.165) is 17.1 Å². The molecule has 106 valence electrons. The van der Waals surface area contributed by atoms with Crippen molar-refractivity contribution in [2.75, 3.05) is 0 Å². The number of hydrogen-bond acceptors (Lipinski definition) is 2. The highest BCUT2D eigenvalue weighted by Crippen LogP contribution is 2.31. The molecule has 2 aromatic carbocycles. The molecule has 2 heteroatoms. The largest absolute Gasteiger partial charge is 0.457 e. The molecule has 2 N–H and O–H groups in total. The molecule has 0 amide bonds. The predicted octanol–water partition coefficient (Wildman–Crippen LogP) is 4.80. The van der Waals surface area contributed by atoms with Crippen LogP contribution < -0.4 is 10.5 Å². The van der Waals surface area contributed by atoms with E-state index in [2.05, 4.69) is 32.9 Å². The first-order valence-corrected chi connectivity index (χ1v) is 7.01. The van der Waals surface area contributed by atoms with Crippen LogP contribution in [-0.4, -0.2) is 0 Å². The maximum atomic E-state index is 6.03. The fourth-order valence-electron chi connectivity index (χ4n) is 2.10. The van der Waals surface area contributed by atoms with E-state index in [1.54, 1.807) is 0 Å². The van der Waals surface area contributed by atoms with Gasteiger partial charge in [0.25, 0.3) is 0 Å². The standard InChI is InChI=1S/C18H23NO/c1-13(19)16-10-5-6-11-17(16)20-15-9-7-8-14(12-15)18(2,3)4/h5-13H,19H2,1-4H3/t13-/m0/s1. The van der Waals surface area contributed by atoms with Gasteiger partial charge in [-0.15, -0.1) is 0 Å². The molecule has 1 atom stereocenters. The van der Waals surface area contributed by atoms with Gasteiger partial charge in [-0.1, -0.05) is 51.1 Å². The molecule has 2 nitrogen and oxygen atoms in total. The maximum absolute atomic E-state index is 6.03. The van der Waals surface area contributed by atoms with Crippen LogP contribution in [0.1, 0.15) is 44.9 Å². The molecule has 0 aliphatic heterocycles. The van der Waals surface area contributed by atoms with Crippen molar-refractivity contribution in [2.45, 2.75) is 39.2 Å². The summed E-state index contributed by atoms with van der Waals surface area (Å²) in [6, 6.07) is 16.1. The van der Waals surface area contributed by atoms with Gasteiger partial charge in [-0.2, -0.15) is 0 Å². The Morgan fingerprint density at radius 2 is 1.70 bits per heavy atom. The fraction of sp³-hybridized carbons (Fsp3) is 0.333. The number of hydrogen-bond donors (Lipinski definition) is 1. The third-order valence-electron chi connectivity index (χ3n) is 3.34. The normalized spacial score (nSPS) is 13.1. The SMILES string of the molecule is C[C@H](N)c1ccccc1Oc1cccc(C(C)(C)C)c1. The minimum atomic E-state index is -0.0444. The third-order valence-corrected chi connectivity index (χ3v) is 3.34. The summed E-state index contributed by atoms with van der Waals surface area (Å²) in [6.07, 6.45) is 0. The molecule has 0 radical (unpaired) electrons. The Kier molecular flexibility index (Phi) is 4.15. The second-order valence-electron chi connectivity index (χ2n) is 6.21. The molecule has 0 spiro atoms. The number of ether oxygens (including phenoxy) is 1. The van der Waals surface area contributed by atoms with Crippen molar-refractivity contribution in [3.8, 4) is 11.5 Å². The summed E-state index contributed by atoms with van der Waals surface area (Å²) in [6.45, 7) is 8.56. The second-order valence-corrected chi connectivity index (χ2v) is 6.21. The zero-order valence-corrected chi connectivity index (χ0v) is 12.7. The molecule has 2 aromatic rings. The van der Waals surface area contributed by atoms with E-state index < -0.39 is 0 Å². The molecular weight excluding hydrogens is 246 g/mol. The lowest BCUT2D eigenvalue weighted by Crippen LogP contribution is -2.11. The highest BCUT2D eigenvalue weighted by Gasteiger charge is 2.15. The van der Waals surface area contributed by atoms with Crippen LogP contribution in [0.3, 0.4) is 0 Å². The van der Waals surface area contributed by atoms with Crippen LogP contribution in [0.4, 0.5) is 0 Å². The molecule has 0 bridgehead atoms. The predicted molar refractivity (Wildman–Crippen MR) is 84.3 cm³/mol. The lowest BCUT2D eigenvalue weighted by atomic mass is 9.87. The second kappa shape index (κ2) is 5.68. The van der Waals surface area contributed by atoms with E-state index in [1.807, 2.05) is 43.3 Å². The van der Waals surface area contributed by atoms with Crippen molar-refractivity contribution in [2.24, 2.45) is 5.73 Å². The first-order valence-electron chi connectivity index (χ1n) is 7.01. The third kappa shape index (κ3) is 3.40. The molecule has 0 unspecified atom stereocenters. The van der Waals surface area contributed by atoms with Crippen LogP contribution in [0.15, 0.2) is 48.5 Å². The van der Waals surface area contributed by atoms with E-state index in [9.17, 15) is 0 Å². The minimum Gasteiger partial charge on any atom is -0.457 e. The van der Waals surface area contributed by atoms with E-state index in [4.69, 9.17) is 10.5 Å². The molecule has 0 heterocycles. The number of rotatable bonds is 3. The maximum Gasteiger partial charge on any atom is 0.132 e. The van der Waals surface area contributed by atoms with E-state index >= 15 is 0 Å². The van der Waals surface area contributed by atoms with Gasteiger partial charge in [-0.05, 0) is 36.1 Å². The van der Waals surface area contributed by atoms with Crippen LogP contribution >= 0.6 is 0 Å². The summed E-state index contributed by atoms with van der Waals surface area (Å²) in [4.78, 5) is 0. The van der Waals surface area contributed by atoms with E-state index in [-0.39, 0.29) is 11.5 Å². The monoisotopic (exact) mass is 269 g/mol. The molecule has 2 rings (SSSR count). The van der Waals surface area contributed by atoms with Crippen molar-refractivity contribution in [3.63, 3.8) is 0 Å². The zero-order valence-electron chi connectivity index (χ0n) is 12.7. The molecule has 0 aliphatic rings. The molecule has 0 fully saturated rings. The Morgan fingerprint density at radius 1 is 1.00 bits per heavy atom. The summed E-state index contributed by atoms with van der Waals surface area (Å²) in [7, 11) is 0. The van der Waals surface area contributed by atoms with Gasteiger partial charge in [0.15, 0.2) is 0 Å². The Balaban J connectivity index is 2.31. The van der Waals surface area contributed by atoms with Gasteiger partial charge in [0.05, 0.1) is 0 Å². The average Bonchev–Trinajstić information content (AvgIpc) is 2.38. The number of para-hydroxylation sites is 1. The minimum absolute atomic E-state index is 0.0444. The van der Waals surface area contributed by atoms with Crippen molar-refractivity contribution in [1.82, 2.24) is 0 Å². The number of benzene rings is 2. The molecule has 0 saturated heterocycles. The zero-order chi connectivity index (χ0) is 14.8. The lowest BCUT2D eigenvalue weighted by Gasteiger charge is -2.20. The Labute approximate surface area is 121 Å². The Bertz CT molecular complexity index is 582. The fourth-order valence-corrected chi connectivity index (χ4v) is 2.10. The van der Waals surface area contributed by atoms with Gasteiger partial charge in [0.2, 0.25) is 0 Å². The van der Waals surface area contributed by atoms with Gasteiger partial charge in [-0.25, -0.2) is 0 Å². The summed E-state index contributed by atoms with van der Waals surface area (Å²) < 4.78 is 6.03. The Hall–Kier alpha value is -1.80. The topological polar surface area (TPSA) is 35.2 Å². The first kappa shape index (κ1) is 14.6. The summed E-state index contributed by atoms with van der Waals surface area (Å²) in [5, 5.41) is 0. The van der Waals surface area contributed by atoms with Crippen molar-refractivity contribution in [1.29, 1.82) is 0 Å². The molecule has 0 saturated carbocycles. The van der Waals surface area contributed by atoms with Crippen LogP contribution in [0.25, 0.3) is 0 Å². The quantitative estimate of drug-likeness (QED) is 0.869. The first-order chi connectivity index (χ1) is 9.38. The van der Waals surface area contributed by atoms with E-state index in [0.29, 0.717) is 0 Å². The smallest absolute Gasteiger partial charge is 0.132 e. The molecule has 20 heavy (non-hydrogen) atoms. The van der Waals surface area contributed by atoms with Crippen molar-refractivity contribution in [3.05, 3.63) is 59.7 Å². The van der Waals surface area contributed by atoms with Gasteiger partial charge in [-0.3, -0.25) is 0 Å². The highest BCUT2D eigenvalue weighted by molar-refractivity contribution is 5.41. The summed E-state index contributed by atoms with van der Waals surface area (Å²) in [5.41, 5.74) is 8.38. The summed E-state index contributed by atoms with van der Waals surface area (Å²) in [5.74, 6) is 1.68. The van der Waals surface area contributed by atoms with Crippen molar-refractivity contribution >= 4 is 0 Å². The molecular formula is C18H23NO. The number of nitrogens with two attached hydrogens (primary N) is 1. The van der Waals surface area contributed by atoms with E-state index in [1.165, 1.54) is 5.56 Å². The van der Waals surface area contributed by atoms with Crippen LogP contribution in [-0.2, 0) is 5.41 Å². The van der Waals surface area contributed by atoms with Crippen molar-refractivity contribution < 1.29 is 4.74 Å². The van der Waals surface area contributed by atoms with Crippen LogP contribution in [0, 0.1) is 0 Å². The van der Waals surface area contributed by atoms with Gasteiger partial charge in [0.1, 0.15) is 11.5 Å². The average molecular weight is 269 g/mol. The van der Waals surface area contributed by atoms with Gasteiger partial charge < -0.3 is 10.5 Å².